The molecular formula is C26H33N3O3. The summed E-state index contributed by atoms with van der Waals surface area (Å²) in [7, 11) is 0. The maximum absolute atomic E-state index is 13.5. The standard InChI is InChI=1S/C26H33N3O3/c30-25(20-12-14-27-15-13-20)29-17-7-3-1-2-6-16-28(23-8-4-5-9-23)19-22-18-21(26(31)32)10-11-24(22)29/h10-15,18,23H,1-9,16-17,19H2,(H,31,32). The summed E-state index contributed by atoms with van der Waals surface area (Å²) in [6.45, 7) is 2.34. The number of nitrogens with zero attached hydrogens (tertiary/aromatic N) is 3. The summed E-state index contributed by atoms with van der Waals surface area (Å²) in [6, 6.07) is 9.26. The van der Waals surface area contributed by atoms with E-state index in [1.165, 1.54) is 44.9 Å². The van der Waals surface area contributed by atoms with Crippen LogP contribution >= 0.6 is 0 Å². The number of amides is 1. The van der Waals surface area contributed by atoms with Crippen LogP contribution in [-0.4, -0.2) is 46.0 Å². The number of fused-ring (bicyclic) bond motifs is 1. The first-order valence-electron chi connectivity index (χ1n) is 12.0. The summed E-state index contributed by atoms with van der Waals surface area (Å²) in [5, 5.41) is 9.62. The van der Waals surface area contributed by atoms with Gasteiger partial charge >= 0.3 is 5.97 Å². The Kier molecular flexibility index (Phi) is 7.53. The summed E-state index contributed by atoms with van der Waals surface area (Å²) >= 11 is 0. The van der Waals surface area contributed by atoms with Gasteiger partial charge in [-0.25, -0.2) is 4.79 Å². The highest BCUT2D eigenvalue weighted by atomic mass is 16.4. The lowest BCUT2D eigenvalue weighted by atomic mass is 10.0. The Labute approximate surface area is 190 Å². The van der Waals surface area contributed by atoms with E-state index in [0.29, 0.717) is 24.7 Å². The van der Waals surface area contributed by atoms with Crippen LogP contribution in [0.25, 0.3) is 0 Å². The van der Waals surface area contributed by atoms with Crippen molar-refractivity contribution in [2.75, 3.05) is 18.0 Å². The van der Waals surface area contributed by atoms with Crippen LogP contribution in [0.2, 0.25) is 0 Å². The second-order valence-electron chi connectivity index (χ2n) is 9.02. The van der Waals surface area contributed by atoms with Gasteiger partial charge < -0.3 is 10.0 Å². The van der Waals surface area contributed by atoms with Crippen molar-refractivity contribution in [3.8, 4) is 0 Å². The van der Waals surface area contributed by atoms with Gasteiger partial charge in [-0.2, -0.15) is 0 Å². The molecule has 1 aliphatic carbocycles. The zero-order chi connectivity index (χ0) is 22.3. The van der Waals surface area contributed by atoms with Crippen LogP contribution in [0.5, 0.6) is 0 Å². The number of rotatable bonds is 3. The quantitative estimate of drug-likeness (QED) is 0.723. The number of carboxylic acids is 1. The Bertz CT molecular complexity index is 925. The fourth-order valence-corrected chi connectivity index (χ4v) is 5.08. The maximum Gasteiger partial charge on any atom is 0.335 e. The summed E-state index contributed by atoms with van der Waals surface area (Å²) in [4.78, 5) is 33.7. The van der Waals surface area contributed by atoms with Crippen LogP contribution in [0.15, 0.2) is 42.7 Å². The van der Waals surface area contributed by atoms with E-state index in [1.54, 1.807) is 36.7 Å². The van der Waals surface area contributed by atoms with Crippen molar-refractivity contribution in [1.29, 1.82) is 0 Å². The number of benzene rings is 1. The Morgan fingerprint density at radius 1 is 0.844 bits per heavy atom. The number of aromatic nitrogens is 1. The number of carbonyl (C=O) groups excluding carboxylic acids is 1. The smallest absolute Gasteiger partial charge is 0.335 e. The van der Waals surface area contributed by atoms with E-state index in [2.05, 4.69) is 9.88 Å². The molecule has 1 amide bonds. The minimum atomic E-state index is -0.932. The zero-order valence-corrected chi connectivity index (χ0v) is 18.7. The molecule has 0 unspecified atom stereocenters. The third-order valence-corrected chi connectivity index (χ3v) is 6.83. The normalized spacial score (nSPS) is 19.1. The fraction of sp³-hybridized carbons (Fsp3) is 0.500. The van der Waals surface area contributed by atoms with Gasteiger partial charge in [0.1, 0.15) is 0 Å². The number of aromatic carboxylic acids is 1. The molecule has 0 atom stereocenters. The molecule has 1 saturated carbocycles. The molecule has 32 heavy (non-hydrogen) atoms. The van der Waals surface area contributed by atoms with Crippen LogP contribution in [-0.2, 0) is 6.54 Å². The molecule has 1 aromatic carbocycles. The number of carbonyl (C=O) groups is 2. The molecule has 1 aliphatic heterocycles. The van der Waals surface area contributed by atoms with Gasteiger partial charge in [0.25, 0.3) is 5.91 Å². The minimum absolute atomic E-state index is 0.0544. The maximum atomic E-state index is 13.5. The first-order chi connectivity index (χ1) is 15.6. The molecule has 2 aromatic rings. The Balaban J connectivity index is 1.74. The van der Waals surface area contributed by atoms with E-state index in [-0.39, 0.29) is 11.5 Å². The molecule has 0 radical (unpaired) electrons. The molecule has 0 saturated heterocycles. The average Bonchev–Trinajstić information content (AvgIpc) is 3.34. The molecule has 1 aromatic heterocycles. The lowest BCUT2D eigenvalue weighted by Gasteiger charge is -2.32. The second kappa shape index (κ2) is 10.7. The molecule has 6 heteroatoms. The SMILES string of the molecule is O=C(O)c1ccc2c(c1)CN(C1CCCC1)CCCCCCCN2C(=O)c1ccncc1. The van der Waals surface area contributed by atoms with E-state index in [0.717, 1.165) is 30.6 Å². The fourth-order valence-electron chi connectivity index (χ4n) is 5.08. The summed E-state index contributed by atoms with van der Waals surface area (Å²) < 4.78 is 0. The summed E-state index contributed by atoms with van der Waals surface area (Å²) in [6.07, 6.45) is 13.8. The number of anilines is 1. The molecule has 2 heterocycles. The minimum Gasteiger partial charge on any atom is -0.478 e. The molecule has 0 spiro atoms. The topological polar surface area (TPSA) is 73.7 Å². The van der Waals surface area contributed by atoms with E-state index >= 15 is 0 Å². The Hall–Kier alpha value is -2.73. The van der Waals surface area contributed by atoms with Gasteiger partial charge in [-0.05, 0) is 68.1 Å². The zero-order valence-electron chi connectivity index (χ0n) is 18.7. The number of pyridine rings is 1. The molecule has 6 nitrogen and oxygen atoms in total. The molecule has 4 rings (SSSR count). The van der Waals surface area contributed by atoms with E-state index in [1.807, 2.05) is 11.0 Å². The Morgan fingerprint density at radius 2 is 1.53 bits per heavy atom. The van der Waals surface area contributed by atoms with E-state index < -0.39 is 5.97 Å². The lowest BCUT2D eigenvalue weighted by molar-refractivity contribution is 0.0696. The van der Waals surface area contributed by atoms with Crippen LogP contribution in [0.1, 0.15) is 84.1 Å². The summed E-state index contributed by atoms with van der Waals surface area (Å²) in [5.74, 6) is -0.987. The van der Waals surface area contributed by atoms with Gasteiger partial charge in [0.05, 0.1) is 5.56 Å². The van der Waals surface area contributed by atoms with Crippen LogP contribution < -0.4 is 4.90 Å². The highest BCUT2D eigenvalue weighted by Crippen LogP contribution is 2.31. The third-order valence-electron chi connectivity index (χ3n) is 6.83. The highest BCUT2D eigenvalue weighted by Gasteiger charge is 2.26. The van der Waals surface area contributed by atoms with Gasteiger partial charge in [0.15, 0.2) is 0 Å². The predicted octanol–water partition coefficient (Wildman–Crippen LogP) is 5.14. The first-order valence-corrected chi connectivity index (χ1v) is 12.0. The molecule has 1 fully saturated rings. The monoisotopic (exact) mass is 435 g/mol. The lowest BCUT2D eigenvalue weighted by Crippen LogP contribution is -2.37. The van der Waals surface area contributed by atoms with Gasteiger partial charge in [-0.15, -0.1) is 0 Å². The van der Waals surface area contributed by atoms with Gasteiger partial charge in [0.2, 0.25) is 0 Å². The first kappa shape index (κ1) is 22.5. The second-order valence-corrected chi connectivity index (χ2v) is 9.02. The largest absolute Gasteiger partial charge is 0.478 e. The van der Waals surface area contributed by atoms with Crippen molar-refractivity contribution in [2.24, 2.45) is 0 Å². The highest BCUT2D eigenvalue weighted by molar-refractivity contribution is 6.06. The van der Waals surface area contributed by atoms with Crippen molar-refractivity contribution >= 4 is 17.6 Å². The molecule has 0 bridgehead atoms. The van der Waals surface area contributed by atoms with Crippen molar-refractivity contribution < 1.29 is 14.7 Å². The van der Waals surface area contributed by atoms with E-state index in [9.17, 15) is 14.7 Å². The van der Waals surface area contributed by atoms with Gasteiger partial charge in [0, 0.05) is 42.8 Å². The predicted molar refractivity (Wildman–Crippen MR) is 125 cm³/mol. The molecule has 2 aliphatic rings. The average molecular weight is 436 g/mol. The van der Waals surface area contributed by atoms with Crippen LogP contribution in [0.4, 0.5) is 5.69 Å². The van der Waals surface area contributed by atoms with Crippen molar-refractivity contribution in [3.63, 3.8) is 0 Å². The number of carboxylic acid groups (broad SMARTS) is 1. The van der Waals surface area contributed by atoms with Crippen molar-refractivity contribution in [3.05, 3.63) is 59.4 Å². The van der Waals surface area contributed by atoms with Crippen LogP contribution in [0, 0.1) is 0 Å². The third kappa shape index (κ3) is 5.36. The summed E-state index contributed by atoms with van der Waals surface area (Å²) in [5.41, 5.74) is 2.65. The van der Waals surface area contributed by atoms with E-state index in [4.69, 9.17) is 0 Å². The van der Waals surface area contributed by atoms with Crippen molar-refractivity contribution in [2.45, 2.75) is 70.4 Å². The van der Waals surface area contributed by atoms with Crippen molar-refractivity contribution in [1.82, 2.24) is 9.88 Å². The van der Waals surface area contributed by atoms with Crippen LogP contribution in [0.3, 0.4) is 0 Å². The van der Waals surface area contributed by atoms with Gasteiger partial charge in [-0.1, -0.05) is 32.1 Å². The number of hydrogen-bond donors (Lipinski definition) is 1. The molecular weight excluding hydrogens is 402 g/mol. The van der Waals surface area contributed by atoms with Gasteiger partial charge in [-0.3, -0.25) is 14.7 Å². The number of hydrogen-bond acceptors (Lipinski definition) is 4. The molecule has 1 N–H and O–H groups in total. The Morgan fingerprint density at radius 3 is 2.25 bits per heavy atom. The molecule has 170 valence electrons.